The summed E-state index contributed by atoms with van der Waals surface area (Å²) in [6, 6.07) is 5.01. The third-order valence-corrected chi connectivity index (χ3v) is 6.61. The molecule has 2 aromatic heterocycles. The van der Waals surface area contributed by atoms with Crippen LogP contribution in [0, 0.1) is 0 Å². The molecule has 1 saturated heterocycles. The molecule has 3 aromatic rings. The van der Waals surface area contributed by atoms with E-state index >= 15 is 0 Å². The second-order valence-electron chi connectivity index (χ2n) is 7.35. The molecular weight excluding hydrogens is 511 g/mol. The summed E-state index contributed by atoms with van der Waals surface area (Å²) in [5.74, 6) is 0. The first kappa shape index (κ1) is 22.5. The number of aromatic nitrogens is 4. The zero-order chi connectivity index (χ0) is 22.1. The number of halogens is 3. The topological polar surface area (TPSA) is 80.3 Å². The summed E-state index contributed by atoms with van der Waals surface area (Å²) in [6.07, 6.45) is 2.75. The molecule has 0 aliphatic carbocycles. The molecule has 1 fully saturated rings. The van der Waals surface area contributed by atoms with Crippen LogP contribution in [0.4, 0.5) is 0 Å². The smallest absolute Gasteiger partial charge is 0.332 e. The van der Waals surface area contributed by atoms with E-state index in [1.165, 1.54) is 4.57 Å². The summed E-state index contributed by atoms with van der Waals surface area (Å²) in [5.41, 5.74) is 0.420. The van der Waals surface area contributed by atoms with Gasteiger partial charge in [0.15, 0.2) is 22.2 Å². The van der Waals surface area contributed by atoms with Crippen molar-refractivity contribution in [3.8, 4) is 0 Å². The Hall–Kier alpha value is -1.65. The summed E-state index contributed by atoms with van der Waals surface area (Å²) in [6.45, 7) is 1.50. The SMILES string of the molecule is Cn1c(=O)n(Cc2ccc(Cl)c(Cl)c2)c(=O)c2c1nc(Br)n2CCOC1CCCCO1. The maximum atomic E-state index is 13.3. The number of hydrogen-bond acceptors (Lipinski definition) is 5. The molecule has 0 saturated carbocycles. The van der Waals surface area contributed by atoms with E-state index in [9.17, 15) is 9.59 Å². The van der Waals surface area contributed by atoms with E-state index in [-0.39, 0.29) is 12.8 Å². The summed E-state index contributed by atoms with van der Waals surface area (Å²) in [7, 11) is 1.59. The van der Waals surface area contributed by atoms with Crippen molar-refractivity contribution in [3.63, 3.8) is 0 Å². The first-order valence-corrected chi connectivity index (χ1v) is 11.4. The molecule has 31 heavy (non-hydrogen) atoms. The van der Waals surface area contributed by atoms with Gasteiger partial charge < -0.3 is 14.0 Å². The lowest BCUT2D eigenvalue weighted by Gasteiger charge is -2.22. The second-order valence-corrected chi connectivity index (χ2v) is 8.88. The Balaban J connectivity index is 1.68. The molecular formula is C20H21BrCl2N4O4. The normalized spacial score (nSPS) is 16.8. The van der Waals surface area contributed by atoms with Gasteiger partial charge in [0.1, 0.15) is 0 Å². The van der Waals surface area contributed by atoms with Gasteiger partial charge in [0, 0.05) is 20.2 Å². The van der Waals surface area contributed by atoms with Crippen LogP contribution in [0.15, 0.2) is 32.5 Å². The molecule has 1 aromatic carbocycles. The van der Waals surface area contributed by atoms with Crippen molar-refractivity contribution >= 4 is 50.3 Å². The van der Waals surface area contributed by atoms with Gasteiger partial charge in [0.25, 0.3) is 5.56 Å². The molecule has 11 heteroatoms. The Morgan fingerprint density at radius 2 is 2.03 bits per heavy atom. The Kier molecular flexibility index (Phi) is 6.88. The van der Waals surface area contributed by atoms with Crippen LogP contribution in [0.2, 0.25) is 10.0 Å². The van der Waals surface area contributed by atoms with Gasteiger partial charge in [-0.1, -0.05) is 29.3 Å². The van der Waals surface area contributed by atoms with Crippen molar-refractivity contribution < 1.29 is 9.47 Å². The van der Waals surface area contributed by atoms with Crippen molar-refractivity contribution in [1.82, 2.24) is 18.7 Å². The fraction of sp³-hybridized carbons (Fsp3) is 0.450. The van der Waals surface area contributed by atoms with Gasteiger partial charge in [-0.15, -0.1) is 0 Å². The predicted molar refractivity (Wildman–Crippen MR) is 122 cm³/mol. The van der Waals surface area contributed by atoms with E-state index in [0.717, 1.165) is 23.8 Å². The highest BCUT2D eigenvalue weighted by Crippen LogP contribution is 2.23. The van der Waals surface area contributed by atoms with Crippen molar-refractivity contribution in [2.24, 2.45) is 7.05 Å². The van der Waals surface area contributed by atoms with Crippen LogP contribution >= 0.6 is 39.1 Å². The molecule has 1 atom stereocenters. The van der Waals surface area contributed by atoms with Crippen molar-refractivity contribution in [2.75, 3.05) is 13.2 Å². The lowest BCUT2D eigenvalue weighted by atomic mass is 10.2. The van der Waals surface area contributed by atoms with E-state index in [1.807, 2.05) is 0 Å². The number of aryl methyl sites for hydroxylation is 1. The first-order valence-electron chi connectivity index (χ1n) is 9.89. The van der Waals surface area contributed by atoms with Gasteiger partial charge in [-0.3, -0.25) is 13.9 Å². The Morgan fingerprint density at radius 1 is 1.23 bits per heavy atom. The van der Waals surface area contributed by atoms with Crippen LogP contribution in [-0.2, 0) is 29.6 Å². The molecule has 8 nitrogen and oxygen atoms in total. The van der Waals surface area contributed by atoms with Crippen molar-refractivity contribution in [2.45, 2.75) is 38.6 Å². The lowest BCUT2D eigenvalue weighted by Crippen LogP contribution is -2.40. The highest BCUT2D eigenvalue weighted by Gasteiger charge is 2.20. The van der Waals surface area contributed by atoms with Crippen LogP contribution in [0.5, 0.6) is 0 Å². The molecule has 3 heterocycles. The number of fused-ring (bicyclic) bond motifs is 1. The van der Waals surface area contributed by atoms with Gasteiger partial charge in [0.05, 0.1) is 23.2 Å². The third-order valence-electron chi connectivity index (χ3n) is 5.27. The van der Waals surface area contributed by atoms with Crippen LogP contribution in [0.25, 0.3) is 11.2 Å². The molecule has 166 valence electrons. The van der Waals surface area contributed by atoms with Gasteiger partial charge in [-0.25, -0.2) is 9.78 Å². The largest absolute Gasteiger partial charge is 0.353 e. The zero-order valence-corrected chi connectivity index (χ0v) is 19.9. The highest BCUT2D eigenvalue weighted by molar-refractivity contribution is 9.10. The van der Waals surface area contributed by atoms with Gasteiger partial charge in [-0.2, -0.15) is 0 Å². The fourth-order valence-corrected chi connectivity index (χ4v) is 4.47. The van der Waals surface area contributed by atoms with E-state index < -0.39 is 11.2 Å². The number of benzene rings is 1. The first-order chi connectivity index (χ1) is 14.9. The maximum absolute atomic E-state index is 13.3. The average Bonchev–Trinajstić information content (AvgIpc) is 3.09. The molecule has 0 N–H and O–H groups in total. The number of imidazole rings is 1. The molecule has 0 radical (unpaired) electrons. The van der Waals surface area contributed by atoms with Crippen LogP contribution in [-0.4, -0.2) is 38.2 Å². The number of ether oxygens (including phenoxy) is 2. The molecule has 0 spiro atoms. The van der Waals surface area contributed by atoms with Gasteiger partial charge in [0.2, 0.25) is 0 Å². The standard InChI is InChI=1S/C20H21BrCl2N4O4/c1-25-17-16(26(19(21)24-17)7-9-31-15-4-2-3-8-30-15)18(28)27(20(25)29)11-12-5-6-13(22)14(23)10-12/h5-6,10,15H,2-4,7-9,11H2,1H3. The van der Waals surface area contributed by atoms with Crippen molar-refractivity contribution in [3.05, 3.63) is 59.4 Å². The van der Waals surface area contributed by atoms with E-state index in [4.69, 9.17) is 32.7 Å². The predicted octanol–water partition coefficient (Wildman–Crippen LogP) is 3.56. The molecule has 1 aliphatic heterocycles. The minimum absolute atomic E-state index is 0.0630. The number of hydrogen-bond donors (Lipinski definition) is 0. The van der Waals surface area contributed by atoms with Crippen LogP contribution in [0.3, 0.4) is 0 Å². The minimum Gasteiger partial charge on any atom is -0.353 e. The number of rotatable bonds is 6. The summed E-state index contributed by atoms with van der Waals surface area (Å²) in [5, 5.41) is 0.769. The third kappa shape index (κ3) is 4.61. The monoisotopic (exact) mass is 530 g/mol. The summed E-state index contributed by atoms with van der Waals surface area (Å²) in [4.78, 5) is 30.5. The van der Waals surface area contributed by atoms with Crippen LogP contribution in [0.1, 0.15) is 24.8 Å². The molecule has 1 unspecified atom stereocenters. The van der Waals surface area contributed by atoms with Gasteiger partial charge >= 0.3 is 5.69 Å². The molecule has 0 amide bonds. The summed E-state index contributed by atoms with van der Waals surface area (Å²) >= 11 is 15.5. The Morgan fingerprint density at radius 3 is 2.74 bits per heavy atom. The highest BCUT2D eigenvalue weighted by atomic mass is 79.9. The van der Waals surface area contributed by atoms with E-state index in [0.29, 0.717) is 51.3 Å². The average molecular weight is 532 g/mol. The lowest BCUT2D eigenvalue weighted by molar-refractivity contribution is -0.163. The number of nitrogens with zero attached hydrogens (tertiary/aromatic N) is 4. The summed E-state index contributed by atoms with van der Waals surface area (Å²) < 4.78 is 16.1. The second kappa shape index (κ2) is 9.46. The minimum atomic E-state index is -0.465. The van der Waals surface area contributed by atoms with Crippen molar-refractivity contribution in [1.29, 1.82) is 0 Å². The van der Waals surface area contributed by atoms with E-state index in [2.05, 4.69) is 20.9 Å². The molecule has 1 aliphatic rings. The zero-order valence-electron chi connectivity index (χ0n) is 16.8. The van der Waals surface area contributed by atoms with E-state index in [1.54, 1.807) is 29.8 Å². The molecule has 4 rings (SSSR count). The quantitative estimate of drug-likeness (QED) is 0.454. The Bertz CT molecular complexity index is 1230. The molecule has 0 bridgehead atoms. The van der Waals surface area contributed by atoms with Crippen LogP contribution < -0.4 is 11.2 Å². The Labute approximate surface area is 196 Å². The fourth-order valence-electron chi connectivity index (χ4n) is 3.63. The van der Waals surface area contributed by atoms with Gasteiger partial charge in [-0.05, 0) is 52.9 Å². The maximum Gasteiger partial charge on any atom is 0.332 e.